The summed E-state index contributed by atoms with van der Waals surface area (Å²) in [5.41, 5.74) is 2.34. The monoisotopic (exact) mass is 264 g/mol. The molecule has 0 atom stereocenters. The molecule has 0 aromatic carbocycles. The number of nitrogens with one attached hydrogen (secondary N) is 2. The number of carbonyl (C=O) groups is 1. The normalized spacial score (nSPS) is 14.5. The van der Waals surface area contributed by atoms with E-state index in [1.165, 1.54) is 5.69 Å². The predicted molar refractivity (Wildman–Crippen MR) is 74.9 cm³/mol. The van der Waals surface area contributed by atoms with Crippen molar-refractivity contribution in [2.45, 2.75) is 46.7 Å². The van der Waals surface area contributed by atoms with Gasteiger partial charge in [-0.05, 0) is 5.92 Å². The Kier molecular flexibility index (Phi) is 4.58. The first-order valence-electron chi connectivity index (χ1n) is 7.16. The van der Waals surface area contributed by atoms with Gasteiger partial charge in [-0.25, -0.2) is 4.98 Å². The number of aromatic nitrogens is 2. The van der Waals surface area contributed by atoms with Crippen LogP contribution in [0.1, 0.15) is 38.0 Å². The van der Waals surface area contributed by atoms with Crippen LogP contribution in [0.5, 0.6) is 0 Å². The first-order chi connectivity index (χ1) is 9.11. The van der Waals surface area contributed by atoms with Crippen LogP contribution < -0.4 is 10.6 Å². The zero-order valence-electron chi connectivity index (χ0n) is 12.1. The van der Waals surface area contributed by atoms with Crippen molar-refractivity contribution in [1.82, 2.24) is 20.2 Å². The Morgan fingerprint density at radius 3 is 3.00 bits per heavy atom. The van der Waals surface area contributed by atoms with Crippen LogP contribution in [0.2, 0.25) is 0 Å². The maximum absolute atomic E-state index is 12.0. The average molecular weight is 264 g/mol. The van der Waals surface area contributed by atoms with E-state index in [0.717, 1.165) is 44.0 Å². The Labute approximate surface area is 114 Å². The summed E-state index contributed by atoms with van der Waals surface area (Å²) < 4.78 is 2.10. The summed E-state index contributed by atoms with van der Waals surface area (Å²) in [5.74, 6) is 1.59. The second-order valence-corrected chi connectivity index (χ2v) is 5.49. The molecule has 0 bridgehead atoms. The van der Waals surface area contributed by atoms with Crippen LogP contribution in [-0.4, -0.2) is 28.5 Å². The van der Waals surface area contributed by atoms with Gasteiger partial charge >= 0.3 is 0 Å². The van der Waals surface area contributed by atoms with E-state index >= 15 is 0 Å². The van der Waals surface area contributed by atoms with Gasteiger partial charge in [0.15, 0.2) is 0 Å². The Morgan fingerprint density at radius 1 is 1.53 bits per heavy atom. The lowest BCUT2D eigenvalue weighted by Gasteiger charge is -2.16. The zero-order valence-corrected chi connectivity index (χ0v) is 12.1. The largest absolute Gasteiger partial charge is 0.354 e. The number of rotatable bonds is 5. The van der Waals surface area contributed by atoms with Gasteiger partial charge in [0.2, 0.25) is 5.91 Å². The number of hydrogen-bond donors (Lipinski definition) is 2. The van der Waals surface area contributed by atoms with Crippen molar-refractivity contribution in [1.29, 1.82) is 0 Å². The summed E-state index contributed by atoms with van der Waals surface area (Å²) >= 11 is 0. The highest BCUT2D eigenvalue weighted by Crippen LogP contribution is 2.16. The van der Waals surface area contributed by atoms with Gasteiger partial charge in [-0.1, -0.05) is 20.8 Å². The number of hydrogen-bond acceptors (Lipinski definition) is 3. The van der Waals surface area contributed by atoms with Crippen molar-refractivity contribution in [2.75, 3.05) is 13.1 Å². The van der Waals surface area contributed by atoms with E-state index in [0.29, 0.717) is 12.5 Å². The summed E-state index contributed by atoms with van der Waals surface area (Å²) in [6, 6.07) is 0. The fourth-order valence-corrected chi connectivity index (χ4v) is 2.40. The van der Waals surface area contributed by atoms with Gasteiger partial charge in [0.25, 0.3) is 0 Å². The lowest BCUT2D eigenvalue weighted by atomic mass is 10.2. The molecule has 1 aliphatic rings. The molecule has 2 N–H and O–H groups in total. The van der Waals surface area contributed by atoms with E-state index in [4.69, 9.17) is 0 Å². The molecule has 0 saturated carbocycles. The molecule has 0 unspecified atom stereocenters. The van der Waals surface area contributed by atoms with Gasteiger partial charge in [0, 0.05) is 38.2 Å². The van der Waals surface area contributed by atoms with Crippen LogP contribution in [0, 0.1) is 5.92 Å². The summed E-state index contributed by atoms with van der Waals surface area (Å²) in [6.45, 7) is 9.21. The maximum atomic E-state index is 12.0. The van der Waals surface area contributed by atoms with Crippen molar-refractivity contribution < 1.29 is 4.79 Å². The smallest absolute Gasteiger partial charge is 0.240 e. The molecule has 0 saturated heterocycles. The molecule has 1 aliphatic heterocycles. The molecule has 0 aliphatic carbocycles. The van der Waals surface area contributed by atoms with E-state index in [9.17, 15) is 4.79 Å². The average Bonchev–Trinajstić information content (AvgIpc) is 2.75. The van der Waals surface area contributed by atoms with E-state index in [1.54, 1.807) is 0 Å². The highest BCUT2D eigenvalue weighted by atomic mass is 16.1. The minimum Gasteiger partial charge on any atom is -0.354 e. The predicted octanol–water partition coefficient (Wildman–Crippen LogP) is 0.863. The standard InChI is InChI=1S/C14H24N4O/c1-4-13-17-11-8-15-6-5-12(11)18(13)9-14(19)16-7-10(2)3/h10,15H,4-9H2,1-3H3,(H,16,19). The molecule has 19 heavy (non-hydrogen) atoms. The lowest BCUT2D eigenvalue weighted by molar-refractivity contribution is -0.121. The van der Waals surface area contributed by atoms with Gasteiger partial charge in [0.1, 0.15) is 12.4 Å². The topological polar surface area (TPSA) is 59.0 Å². The fraction of sp³-hybridized carbons (Fsp3) is 0.714. The Balaban J connectivity index is 2.10. The maximum Gasteiger partial charge on any atom is 0.240 e. The van der Waals surface area contributed by atoms with Crippen LogP contribution in [-0.2, 0) is 30.7 Å². The third kappa shape index (κ3) is 3.35. The number of imidazole rings is 1. The molecule has 1 aromatic rings. The molecule has 0 spiro atoms. The van der Waals surface area contributed by atoms with E-state index in [-0.39, 0.29) is 5.91 Å². The summed E-state index contributed by atoms with van der Waals surface area (Å²) in [6.07, 6.45) is 1.82. The lowest BCUT2D eigenvalue weighted by Crippen LogP contribution is -2.32. The fourth-order valence-electron chi connectivity index (χ4n) is 2.40. The molecule has 106 valence electrons. The molecular weight excluding hydrogens is 240 g/mol. The minimum absolute atomic E-state index is 0.0853. The minimum atomic E-state index is 0.0853. The van der Waals surface area contributed by atoms with Crippen molar-refractivity contribution in [3.05, 3.63) is 17.2 Å². The summed E-state index contributed by atoms with van der Waals surface area (Å²) in [4.78, 5) is 16.6. The second-order valence-electron chi connectivity index (χ2n) is 5.49. The van der Waals surface area contributed by atoms with Gasteiger partial charge < -0.3 is 15.2 Å². The van der Waals surface area contributed by atoms with E-state index < -0.39 is 0 Å². The number of amides is 1. The Morgan fingerprint density at radius 2 is 2.32 bits per heavy atom. The number of nitrogens with zero attached hydrogens (tertiary/aromatic N) is 2. The van der Waals surface area contributed by atoms with Crippen molar-refractivity contribution in [3.63, 3.8) is 0 Å². The molecule has 2 rings (SSSR count). The first-order valence-corrected chi connectivity index (χ1v) is 7.16. The third-order valence-electron chi connectivity index (χ3n) is 3.39. The highest BCUT2D eigenvalue weighted by molar-refractivity contribution is 5.75. The third-order valence-corrected chi connectivity index (χ3v) is 3.39. The molecule has 0 radical (unpaired) electrons. The SMILES string of the molecule is CCc1nc2c(n1CC(=O)NCC(C)C)CCNC2. The first kappa shape index (κ1) is 14.1. The van der Waals surface area contributed by atoms with Gasteiger partial charge in [-0.3, -0.25) is 4.79 Å². The molecule has 1 amide bonds. The zero-order chi connectivity index (χ0) is 13.8. The van der Waals surface area contributed by atoms with Crippen LogP contribution in [0.25, 0.3) is 0 Å². The van der Waals surface area contributed by atoms with Gasteiger partial charge in [-0.2, -0.15) is 0 Å². The van der Waals surface area contributed by atoms with Crippen LogP contribution in [0.4, 0.5) is 0 Å². The molecule has 1 aromatic heterocycles. The van der Waals surface area contributed by atoms with Crippen molar-refractivity contribution in [2.24, 2.45) is 5.92 Å². The summed E-state index contributed by atoms with van der Waals surface area (Å²) in [5, 5.41) is 6.30. The van der Waals surface area contributed by atoms with E-state index in [1.807, 2.05) is 0 Å². The van der Waals surface area contributed by atoms with Gasteiger partial charge in [-0.15, -0.1) is 0 Å². The second kappa shape index (κ2) is 6.19. The quantitative estimate of drug-likeness (QED) is 0.829. The number of fused-ring (bicyclic) bond motifs is 1. The molecular formula is C14H24N4O. The summed E-state index contributed by atoms with van der Waals surface area (Å²) in [7, 11) is 0. The highest BCUT2D eigenvalue weighted by Gasteiger charge is 2.20. The molecule has 0 fully saturated rings. The molecule has 5 nitrogen and oxygen atoms in total. The van der Waals surface area contributed by atoms with Crippen molar-refractivity contribution in [3.8, 4) is 0 Å². The van der Waals surface area contributed by atoms with Crippen LogP contribution >= 0.6 is 0 Å². The van der Waals surface area contributed by atoms with Gasteiger partial charge in [0.05, 0.1) is 5.69 Å². The molecule has 2 heterocycles. The van der Waals surface area contributed by atoms with Crippen LogP contribution in [0.15, 0.2) is 0 Å². The number of carbonyl (C=O) groups excluding carboxylic acids is 1. The van der Waals surface area contributed by atoms with Crippen LogP contribution in [0.3, 0.4) is 0 Å². The Hall–Kier alpha value is -1.36. The van der Waals surface area contributed by atoms with E-state index in [2.05, 4.69) is 41.0 Å². The number of aryl methyl sites for hydroxylation is 1. The van der Waals surface area contributed by atoms with Crippen molar-refractivity contribution >= 4 is 5.91 Å². The molecule has 5 heteroatoms. The Bertz CT molecular complexity index is 451.